The SMILES string of the molecule is Cc1nn(C)cc1CNc1cc(Br)ccc1I. The minimum absolute atomic E-state index is 0.798. The van der Waals surface area contributed by atoms with Crippen LogP contribution in [-0.4, -0.2) is 9.78 Å². The Kier molecular flexibility index (Phi) is 4.09. The number of nitrogens with zero attached hydrogens (tertiary/aromatic N) is 2. The molecule has 2 aromatic rings. The molecule has 2 rings (SSSR count). The minimum atomic E-state index is 0.798. The average molecular weight is 406 g/mol. The lowest BCUT2D eigenvalue weighted by atomic mass is 10.2. The van der Waals surface area contributed by atoms with E-state index >= 15 is 0 Å². The summed E-state index contributed by atoms with van der Waals surface area (Å²) in [4.78, 5) is 0. The van der Waals surface area contributed by atoms with Gasteiger partial charge in [0.05, 0.1) is 5.69 Å². The van der Waals surface area contributed by atoms with Crippen molar-refractivity contribution in [3.05, 3.63) is 43.7 Å². The van der Waals surface area contributed by atoms with Crippen molar-refractivity contribution < 1.29 is 0 Å². The van der Waals surface area contributed by atoms with Crippen molar-refractivity contribution in [2.75, 3.05) is 5.32 Å². The number of hydrogen-bond acceptors (Lipinski definition) is 2. The second-order valence-corrected chi connectivity index (χ2v) is 5.97. The Labute approximate surface area is 123 Å². The summed E-state index contributed by atoms with van der Waals surface area (Å²) in [5, 5.41) is 7.76. The van der Waals surface area contributed by atoms with E-state index < -0.39 is 0 Å². The van der Waals surface area contributed by atoms with E-state index in [-0.39, 0.29) is 0 Å². The highest BCUT2D eigenvalue weighted by molar-refractivity contribution is 14.1. The maximum atomic E-state index is 4.33. The van der Waals surface area contributed by atoms with E-state index in [0.29, 0.717) is 0 Å². The number of halogens is 2. The molecule has 0 amide bonds. The zero-order valence-electron chi connectivity index (χ0n) is 9.67. The second kappa shape index (κ2) is 5.39. The lowest BCUT2D eigenvalue weighted by Crippen LogP contribution is -2.01. The number of nitrogens with one attached hydrogen (secondary N) is 1. The summed E-state index contributed by atoms with van der Waals surface area (Å²) in [5.74, 6) is 0. The standard InChI is InChI=1S/C12H13BrIN3/c1-8-9(7-17(2)16-8)6-15-12-5-10(13)3-4-11(12)14/h3-5,7,15H,6H2,1-2H3. The normalized spacial score (nSPS) is 10.6. The summed E-state index contributed by atoms with van der Waals surface area (Å²) in [6.45, 7) is 2.83. The van der Waals surface area contributed by atoms with E-state index in [0.717, 1.165) is 22.4 Å². The number of aromatic nitrogens is 2. The number of rotatable bonds is 3. The summed E-state index contributed by atoms with van der Waals surface area (Å²) in [7, 11) is 1.94. The Morgan fingerprint density at radius 3 is 2.88 bits per heavy atom. The van der Waals surface area contributed by atoms with Gasteiger partial charge in [-0.15, -0.1) is 0 Å². The molecule has 1 heterocycles. The van der Waals surface area contributed by atoms with Crippen molar-refractivity contribution in [3.8, 4) is 0 Å². The van der Waals surface area contributed by atoms with E-state index in [2.05, 4.69) is 61.1 Å². The topological polar surface area (TPSA) is 29.9 Å². The zero-order chi connectivity index (χ0) is 12.4. The van der Waals surface area contributed by atoms with Crippen LogP contribution in [-0.2, 0) is 13.6 Å². The van der Waals surface area contributed by atoms with Crippen LogP contribution in [0.25, 0.3) is 0 Å². The van der Waals surface area contributed by atoms with E-state index in [1.165, 1.54) is 9.13 Å². The molecule has 0 unspecified atom stereocenters. The quantitative estimate of drug-likeness (QED) is 0.789. The second-order valence-electron chi connectivity index (χ2n) is 3.89. The summed E-state index contributed by atoms with van der Waals surface area (Å²) >= 11 is 5.81. The first-order valence-corrected chi connectivity index (χ1v) is 7.11. The Balaban J connectivity index is 2.12. The fourth-order valence-corrected chi connectivity index (χ4v) is 2.53. The van der Waals surface area contributed by atoms with Gasteiger partial charge < -0.3 is 5.32 Å². The Morgan fingerprint density at radius 2 is 2.24 bits per heavy atom. The zero-order valence-corrected chi connectivity index (χ0v) is 13.4. The first-order valence-electron chi connectivity index (χ1n) is 5.24. The van der Waals surface area contributed by atoms with Crippen LogP contribution in [0.15, 0.2) is 28.9 Å². The fraction of sp³-hybridized carbons (Fsp3) is 0.250. The van der Waals surface area contributed by atoms with Crippen LogP contribution >= 0.6 is 38.5 Å². The van der Waals surface area contributed by atoms with Gasteiger partial charge in [-0.2, -0.15) is 5.10 Å². The Morgan fingerprint density at radius 1 is 1.47 bits per heavy atom. The summed E-state index contributed by atoms with van der Waals surface area (Å²) in [6.07, 6.45) is 2.05. The Hall–Kier alpha value is -0.560. The molecule has 0 atom stereocenters. The molecule has 0 fully saturated rings. The van der Waals surface area contributed by atoms with Crippen LogP contribution in [0.4, 0.5) is 5.69 Å². The number of hydrogen-bond donors (Lipinski definition) is 1. The molecule has 1 N–H and O–H groups in total. The van der Waals surface area contributed by atoms with Gasteiger partial charge in [-0.05, 0) is 47.7 Å². The fourth-order valence-electron chi connectivity index (χ4n) is 1.65. The highest BCUT2D eigenvalue weighted by Crippen LogP contribution is 2.23. The van der Waals surface area contributed by atoms with Crippen molar-refractivity contribution in [1.29, 1.82) is 0 Å². The molecule has 0 aliphatic heterocycles. The van der Waals surface area contributed by atoms with Gasteiger partial charge in [0, 0.05) is 39.1 Å². The lowest BCUT2D eigenvalue weighted by molar-refractivity contribution is 0.756. The van der Waals surface area contributed by atoms with Crippen molar-refractivity contribution in [2.24, 2.45) is 7.05 Å². The van der Waals surface area contributed by atoms with Gasteiger partial charge in [-0.3, -0.25) is 4.68 Å². The van der Waals surface area contributed by atoms with Gasteiger partial charge >= 0.3 is 0 Å². The molecule has 0 aliphatic rings. The van der Waals surface area contributed by atoms with Gasteiger partial charge in [0.1, 0.15) is 0 Å². The molecule has 0 radical (unpaired) electrons. The van der Waals surface area contributed by atoms with Crippen LogP contribution in [0.3, 0.4) is 0 Å². The van der Waals surface area contributed by atoms with Crippen molar-refractivity contribution in [3.63, 3.8) is 0 Å². The number of aryl methyl sites for hydroxylation is 2. The maximum Gasteiger partial charge on any atom is 0.0643 e. The monoisotopic (exact) mass is 405 g/mol. The highest BCUT2D eigenvalue weighted by Gasteiger charge is 2.04. The molecule has 0 bridgehead atoms. The molecular weight excluding hydrogens is 393 g/mol. The molecule has 1 aromatic heterocycles. The minimum Gasteiger partial charge on any atom is -0.380 e. The molecule has 0 aliphatic carbocycles. The third-order valence-electron chi connectivity index (χ3n) is 2.51. The van der Waals surface area contributed by atoms with Gasteiger partial charge in [-0.25, -0.2) is 0 Å². The lowest BCUT2D eigenvalue weighted by Gasteiger charge is -2.08. The van der Waals surface area contributed by atoms with Crippen molar-refractivity contribution >= 4 is 44.2 Å². The highest BCUT2D eigenvalue weighted by atomic mass is 127. The van der Waals surface area contributed by atoms with Gasteiger partial charge in [0.15, 0.2) is 0 Å². The average Bonchev–Trinajstić information content (AvgIpc) is 2.59. The molecule has 1 aromatic carbocycles. The van der Waals surface area contributed by atoms with Gasteiger partial charge in [0.25, 0.3) is 0 Å². The molecule has 5 heteroatoms. The first-order chi connectivity index (χ1) is 8.06. The number of anilines is 1. The van der Waals surface area contributed by atoms with Crippen LogP contribution in [0.5, 0.6) is 0 Å². The summed E-state index contributed by atoms with van der Waals surface area (Å²) in [5.41, 5.74) is 3.44. The maximum absolute atomic E-state index is 4.33. The van der Waals surface area contributed by atoms with E-state index in [9.17, 15) is 0 Å². The molecule has 17 heavy (non-hydrogen) atoms. The van der Waals surface area contributed by atoms with Gasteiger partial charge in [-0.1, -0.05) is 15.9 Å². The van der Waals surface area contributed by atoms with Crippen molar-refractivity contribution in [2.45, 2.75) is 13.5 Å². The molecule has 0 spiro atoms. The molecule has 90 valence electrons. The third-order valence-corrected chi connectivity index (χ3v) is 3.95. The Bertz CT molecular complexity index is 537. The van der Waals surface area contributed by atoms with E-state index in [1.807, 2.05) is 30.9 Å². The predicted octanol–water partition coefficient (Wildman–Crippen LogP) is 3.71. The smallest absolute Gasteiger partial charge is 0.0643 e. The first kappa shape index (κ1) is 12.9. The van der Waals surface area contributed by atoms with Crippen LogP contribution in [0, 0.1) is 10.5 Å². The van der Waals surface area contributed by atoms with Crippen LogP contribution in [0.1, 0.15) is 11.3 Å². The predicted molar refractivity (Wildman–Crippen MR) is 82.1 cm³/mol. The summed E-state index contributed by atoms with van der Waals surface area (Å²) in [6, 6.07) is 6.22. The van der Waals surface area contributed by atoms with Crippen LogP contribution < -0.4 is 5.32 Å². The van der Waals surface area contributed by atoms with Gasteiger partial charge in [0.2, 0.25) is 0 Å². The third kappa shape index (κ3) is 3.22. The molecular formula is C12H13BrIN3. The molecule has 0 saturated carbocycles. The molecule has 3 nitrogen and oxygen atoms in total. The van der Waals surface area contributed by atoms with E-state index in [4.69, 9.17) is 0 Å². The molecule has 0 saturated heterocycles. The summed E-state index contributed by atoms with van der Waals surface area (Å²) < 4.78 is 4.15. The largest absolute Gasteiger partial charge is 0.380 e. The van der Waals surface area contributed by atoms with Crippen LogP contribution in [0.2, 0.25) is 0 Å². The number of benzene rings is 1. The van der Waals surface area contributed by atoms with E-state index in [1.54, 1.807) is 0 Å². The van der Waals surface area contributed by atoms with Crippen molar-refractivity contribution in [1.82, 2.24) is 9.78 Å².